The highest BCUT2D eigenvalue weighted by Gasteiger charge is 2.36. The normalized spacial score (nSPS) is 12.3. The van der Waals surface area contributed by atoms with Crippen molar-refractivity contribution in [1.29, 1.82) is 0 Å². The van der Waals surface area contributed by atoms with E-state index in [2.05, 4.69) is 0 Å². The molecule has 136 valence electrons. The molecule has 0 radical (unpaired) electrons. The van der Waals surface area contributed by atoms with Gasteiger partial charge in [-0.25, -0.2) is 8.42 Å². The van der Waals surface area contributed by atoms with E-state index in [9.17, 15) is 18.0 Å². The van der Waals surface area contributed by atoms with Gasteiger partial charge in [-0.2, -0.15) is 0 Å². The number of nitrogens with two attached hydrogens (primary N) is 1. The lowest BCUT2D eigenvalue weighted by atomic mass is 10.0. The van der Waals surface area contributed by atoms with Gasteiger partial charge in [0.1, 0.15) is 0 Å². The molecule has 27 heavy (non-hydrogen) atoms. The molecular weight excluding hydrogens is 362 g/mol. The molecule has 0 aliphatic heterocycles. The monoisotopic (exact) mass is 379 g/mol. The molecule has 0 saturated carbocycles. The second-order valence-electron chi connectivity index (χ2n) is 5.95. The molecule has 0 spiro atoms. The summed E-state index contributed by atoms with van der Waals surface area (Å²) in [7, 11) is -4.00. The minimum absolute atomic E-state index is 0.0539. The Hall–Kier alpha value is -3.25. The van der Waals surface area contributed by atoms with E-state index in [-0.39, 0.29) is 16.0 Å². The average molecular weight is 379 g/mol. The zero-order valence-electron chi connectivity index (χ0n) is 14.3. The summed E-state index contributed by atoms with van der Waals surface area (Å²) in [6, 6.07) is 21.8. The van der Waals surface area contributed by atoms with Crippen molar-refractivity contribution >= 4 is 21.5 Å². The quantitative estimate of drug-likeness (QED) is 0.666. The molecule has 1 amide bonds. The van der Waals surface area contributed by atoms with Crippen molar-refractivity contribution in [2.45, 2.75) is 10.1 Å². The zero-order chi connectivity index (χ0) is 19.4. The maximum absolute atomic E-state index is 13.3. The van der Waals surface area contributed by atoms with E-state index >= 15 is 0 Å². The van der Waals surface area contributed by atoms with E-state index in [4.69, 9.17) is 5.73 Å². The lowest BCUT2D eigenvalue weighted by Gasteiger charge is -2.18. The molecule has 0 bridgehead atoms. The molecule has 0 aliphatic rings. The van der Waals surface area contributed by atoms with Crippen LogP contribution in [0.3, 0.4) is 0 Å². The first-order valence-electron chi connectivity index (χ1n) is 8.19. The van der Waals surface area contributed by atoms with Gasteiger partial charge in [0.15, 0.2) is 20.9 Å². The van der Waals surface area contributed by atoms with Crippen LogP contribution in [0.4, 0.5) is 0 Å². The largest absolute Gasteiger partial charge is 0.366 e. The number of Topliss-reactive ketones (excluding diaryl/α,β-unsaturated/α-hetero) is 1. The molecule has 0 aliphatic carbocycles. The molecule has 0 heterocycles. The van der Waals surface area contributed by atoms with Crippen LogP contribution in [-0.4, -0.2) is 20.1 Å². The first kappa shape index (κ1) is 18.5. The number of carbonyl (C=O) groups excluding carboxylic acids is 2. The summed E-state index contributed by atoms with van der Waals surface area (Å²) in [6.07, 6.45) is 0. The van der Waals surface area contributed by atoms with E-state index in [1.54, 1.807) is 48.5 Å². The molecule has 1 atom stereocenters. The van der Waals surface area contributed by atoms with Crippen molar-refractivity contribution < 1.29 is 18.0 Å². The number of carbonyl (C=O) groups is 2. The Morgan fingerprint density at radius 1 is 0.704 bits per heavy atom. The fourth-order valence-corrected chi connectivity index (χ4v) is 4.54. The number of ketones is 1. The van der Waals surface area contributed by atoms with Crippen LogP contribution >= 0.6 is 0 Å². The van der Waals surface area contributed by atoms with Gasteiger partial charge in [0.2, 0.25) is 5.91 Å². The SMILES string of the molecule is NC(=O)c1ccc(C(C(=O)c2ccccc2)S(=O)(=O)c2ccccc2)cc1. The van der Waals surface area contributed by atoms with E-state index in [0.717, 1.165) is 0 Å². The Bertz CT molecular complexity index is 1060. The van der Waals surface area contributed by atoms with Gasteiger partial charge in [0, 0.05) is 11.1 Å². The first-order chi connectivity index (χ1) is 12.9. The highest BCUT2D eigenvalue weighted by atomic mass is 32.2. The number of benzene rings is 3. The van der Waals surface area contributed by atoms with E-state index in [0.29, 0.717) is 5.56 Å². The lowest BCUT2D eigenvalue weighted by molar-refractivity contribution is 0.0984. The molecule has 5 nitrogen and oxygen atoms in total. The van der Waals surface area contributed by atoms with Gasteiger partial charge in [0.05, 0.1) is 4.90 Å². The van der Waals surface area contributed by atoms with Crippen LogP contribution in [0.5, 0.6) is 0 Å². The smallest absolute Gasteiger partial charge is 0.248 e. The summed E-state index contributed by atoms with van der Waals surface area (Å²) in [4.78, 5) is 24.5. The minimum Gasteiger partial charge on any atom is -0.366 e. The van der Waals surface area contributed by atoms with Crippen LogP contribution in [0.15, 0.2) is 89.8 Å². The molecule has 0 fully saturated rings. The fourth-order valence-electron chi connectivity index (χ4n) is 2.79. The summed E-state index contributed by atoms with van der Waals surface area (Å²) in [5, 5.41) is -1.43. The third-order valence-corrected chi connectivity index (χ3v) is 6.21. The average Bonchev–Trinajstić information content (AvgIpc) is 2.69. The van der Waals surface area contributed by atoms with E-state index in [1.807, 2.05) is 0 Å². The van der Waals surface area contributed by atoms with E-state index < -0.39 is 26.8 Å². The zero-order valence-corrected chi connectivity index (χ0v) is 15.1. The number of hydrogen-bond donors (Lipinski definition) is 1. The van der Waals surface area contributed by atoms with Gasteiger partial charge in [-0.1, -0.05) is 60.7 Å². The van der Waals surface area contributed by atoms with Crippen molar-refractivity contribution in [2.75, 3.05) is 0 Å². The van der Waals surface area contributed by atoms with Crippen molar-refractivity contribution in [3.63, 3.8) is 0 Å². The molecule has 2 N–H and O–H groups in total. The predicted molar refractivity (Wildman–Crippen MR) is 102 cm³/mol. The Morgan fingerprint density at radius 2 is 1.22 bits per heavy atom. The standard InChI is InChI=1S/C21H17NO4S/c22-21(24)17-13-11-16(12-14-17)20(19(23)15-7-3-1-4-8-15)27(25,26)18-9-5-2-6-10-18/h1-14,20H,(H2,22,24). The molecule has 0 aromatic heterocycles. The Morgan fingerprint density at radius 3 is 1.74 bits per heavy atom. The predicted octanol–water partition coefficient (Wildman–Crippen LogP) is 3.18. The van der Waals surface area contributed by atoms with Gasteiger partial charge in [-0.3, -0.25) is 9.59 Å². The molecule has 0 saturated heterocycles. The highest BCUT2D eigenvalue weighted by Crippen LogP contribution is 2.32. The molecule has 3 aromatic carbocycles. The number of amides is 1. The number of primary amides is 1. The molecule has 6 heteroatoms. The summed E-state index contributed by atoms with van der Waals surface area (Å²) < 4.78 is 26.5. The highest BCUT2D eigenvalue weighted by molar-refractivity contribution is 7.92. The summed E-state index contributed by atoms with van der Waals surface area (Å²) in [6.45, 7) is 0. The van der Waals surface area contributed by atoms with Gasteiger partial charge >= 0.3 is 0 Å². The Kier molecular flexibility index (Phi) is 5.19. The van der Waals surface area contributed by atoms with Crippen molar-refractivity contribution in [3.05, 3.63) is 102 Å². The minimum atomic E-state index is -4.00. The van der Waals surface area contributed by atoms with Crippen LogP contribution in [0.1, 0.15) is 31.5 Å². The molecule has 3 aromatic rings. The molecule has 3 rings (SSSR count). The van der Waals surface area contributed by atoms with Crippen LogP contribution in [0, 0.1) is 0 Å². The molecular formula is C21H17NO4S. The maximum atomic E-state index is 13.3. The van der Waals surface area contributed by atoms with Gasteiger partial charge in [-0.05, 0) is 29.8 Å². The summed E-state index contributed by atoms with van der Waals surface area (Å²) >= 11 is 0. The van der Waals surface area contributed by atoms with Gasteiger partial charge < -0.3 is 5.73 Å². The van der Waals surface area contributed by atoms with Gasteiger partial charge in [0.25, 0.3) is 0 Å². The van der Waals surface area contributed by atoms with Crippen molar-refractivity contribution in [2.24, 2.45) is 5.73 Å². The topological polar surface area (TPSA) is 94.3 Å². The molecule has 1 unspecified atom stereocenters. The Labute approximate surface area is 157 Å². The number of rotatable bonds is 6. The van der Waals surface area contributed by atoms with Crippen LogP contribution in [0.25, 0.3) is 0 Å². The summed E-state index contributed by atoms with van der Waals surface area (Å²) in [5.74, 6) is -1.16. The second kappa shape index (κ2) is 7.55. The third-order valence-electron chi connectivity index (χ3n) is 4.18. The number of hydrogen-bond acceptors (Lipinski definition) is 4. The first-order valence-corrected chi connectivity index (χ1v) is 9.74. The van der Waals surface area contributed by atoms with Crippen molar-refractivity contribution in [3.8, 4) is 0 Å². The van der Waals surface area contributed by atoms with Crippen LogP contribution in [-0.2, 0) is 9.84 Å². The number of sulfone groups is 1. The van der Waals surface area contributed by atoms with E-state index in [1.165, 1.54) is 36.4 Å². The lowest BCUT2D eigenvalue weighted by Crippen LogP contribution is -2.23. The third kappa shape index (κ3) is 3.80. The Balaban J connectivity index is 2.15. The second-order valence-corrected chi connectivity index (χ2v) is 7.99. The van der Waals surface area contributed by atoms with Crippen molar-refractivity contribution in [1.82, 2.24) is 0 Å². The summed E-state index contributed by atoms with van der Waals surface area (Å²) in [5.41, 5.74) is 6.05. The van der Waals surface area contributed by atoms with Crippen LogP contribution in [0.2, 0.25) is 0 Å². The fraction of sp³-hybridized carbons (Fsp3) is 0.0476. The maximum Gasteiger partial charge on any atom is 0.248 e. The van der Waals surface area contributed by atoms with Gasteiger partial charge in [-0.15, -0.1) is 0 Å². The van der Waals surface area contributed by atoms with Crippen LogP contribution < -0.4 is 5.73 Å².